The Morgan fingerprint density at radius 1 is 1.17 bits per heavy atom. The summed E-state index contributed by atoms with van der Waals surface area (Å²) in [7, 11) is 0. The normalized spacial score (nSPS) is 11.0. The number of nitrogens with one attached hydrogen (secondary N) is 1. The monoisotopic (exact) mass is 364 g/mol. The number of halogens is 2. The summed E-state index contributed by atoms with van der Waals surface area (Å²) in [5.74, 6) is -0.106. The van der Waals surface area contributed by atoms with Crippen LogP contribution in [0.4, 0.5) is 5.13 Å². The first-order chi connectivity index (χ1) is 10.9. The van der Waals surface area contributed by atoms with Crippen molar-refractivity contribution in [1.82, 2.24) is 4.98 Å². The number of fused-ring (bicyclic) bond motifs is 1. The van der Waals surface area contributed by atoms with E-state index in [9.17, 15) is 4.79 Å². The summed E-state index contributed by atoms with van der Waals surface area (Å²) >= 11 is 13.6. The van der Waals surface area contributed by atoms with Crippen molar-refractivity contribution >= 4 is 55.8 Å². The Hall–Kier alpha value is -1.62. The van der Waals surface area contributed by atoms with Crippen molar-refractivity contribution in [2.24, 2.45) is 0 Å². The van der Waals surface area contributed by atoms with E-state index in [2.05, 4.69) is 10.3 Å². The number of hydrogen-bond donors (Lipinski definition) is 1. The predicted molar refractivity (Wildman–Crippen MR) is 97.9 cm³/mol. The first-order valence-corrected chi connectivity index (χ1v) is 8.62. The molecule has 0 bridgehead atoms. The van der Waals surface area contributed by atoms with Crippen LogP contribution in [0, 0.1) is 13.8 Å². The third-order valence-electron chi connectivity index (χ3n) is 3.55. The zero-order chi connectivity index (χ0) is 16.6. The summed E-state index contributed by atoms with van der Waals surface area (Å²) in [4.78, 5) is 16.6. The molecular formula is C17H14Cl2N2OS. The largest absolute Gasteiger partial charge is 0.302 e. The van der Waals surface area contributed by atoms with Gasteiger partial charge in [0.25, 0.3) is 0 Å². The van der Waals surface area contributed by atoms with Crippen LogP contribution in [0.5, 0.6) is 0 Å². The lowest BCUT2D eigenvalue weighted by molar-refractivity contribution is -0.115. The van der Waals surface area contributed by atoms with E-state index in [1.807, 2.05) is 32.0 Å². The van der Waals surface area contributed by atoms with E-state index in [1.54, 1.807) is 12.1 Å². The number of aromatic nitrogens is 1. The standard InChI is InChI=1S/C17H14Cl2N2OS/c1-9-3-4-10(2)11(7-9)8-14(22)20-17-21-15-12(18)5-6-13(19)16(15)23-17/h3-7H,8H2,1-2H3,(H,20,21,22). The molecule has 1 aromatic heterocycles. The first kappa shape index (κ1) is 16.2. The van der Waals surface area contributed by atoms with Gasteiger partial charge in [-0.25, -0.2) is 4.98 Å². The van der Waals surface area contributed by atoms with Crippen LogP contribution in [0.1, 0.15) is 16.7 Å². The van der Waals surface area contributed by atoms with E-state index in [-0.39, 0.29) is 5.91 Å². The number of hydrogen-bond acceptors (Lipinski definition) is 3. The summed E-state index contributed by atoms with van der Waals surface area (Å²) in [6, 6.07) is 9.52. The van der Waals surface area contributed by atoms with Crippen LogP contribution in [0.15, 0.2) is 30.3 Å². The van der Waals surface area contributed by atoms with Crippen LogP contribution >= 0.6 is 34.5 Å². The zero-order valence-corrected chi connectivity index (χ0v) is 14.9. The van der Waals surface area contributed by atoms with E-state index >= 15 is 0 Å². The SMILES string of the molecule is Cc1ccc(C)c(CC(=O)Nc2nc3c(Cl)ccc(Cl)c3s2)c1. The Labute approximate surface area is 148 Å². The maximum absolute atomic E-state index is 12.3. The molecule has 3 rings (SSSR count). The molecule has 1 amide bonds. The molecule has 0 aliphatic heterocycles. The van der Waals surface area contributed by atoms with E-state index in [4.69, 9.17) is 23.2 Å². The zero-order valence-electron chi connectivity index (χ0n) is 12.6. The van der Waals surface area contributed by atoms with E-state index < -0.39 is 0 Å². The van der Waals surface area contributed by atoms with E-state index in [0.29, 0.717) is 27.1 Å². The maximum atomic E-state index is 12.3. The first-order valence-electron chi connectivity index (χ1n) is 7.04. The third-order valence-corrected chi connectivity index (χ3v) is 5.28. The van der Waals surface area contributed by atoms with Crippen LogP contribution in [0.3, 0.4) is 0 Å². The second kappa shape index (κ2) is 6.48. The molecular weight excluding hydrogens is 351 g/mol. The number of nitrogens with zero attached hydrogens (tertiary/aromatic N) is 1. The molecule has 0 radical (unpaired) electrons. The van der Waals surface area contributed by atoms with Crippen LogP contribution in [-0.4, -0.2) is 10.9 Å². The fourth-order valence-corrected chi connectivity index (χ4v) is 3.76. The minimum absolute atomic E-state index is 0.106. The van der Waals surface area contributed by atoms with Gasteiger partial charge < -0.3 is 5.32 Å². The van der Waals surface area contributed by atoms with Crippen molar-refractivity contribution < 1.29 is 4.79 Å². The van der Waals surface area contributed by atoms with Crippen molar-refractivity contribution in [3.8, 4) is 0 Å². The van der Waals surface area contributed by atoms with Crippen LogP contribution in [0.2, 0.25) is 10.0 Å². The summed E-state index contributed by atoms with van der Waals surface area (Å²) in [6.45, 7) is 4.01. The molecule has 3 nitrogen and oxygen atoms in total. The van der Waals surface area contributed by atoms with Crippen LogP contribution < -0.4 is 5.32 Å². The smallest absolute Gasteiger partial charge is 0.230 e. The molecule has 0 saturated heterocycles. The Balaban J connectivity index is 1.82. The predicted octanol–water partition coefficient (Wildman–Crippen LogP) is 5.40. The summed E-state index contributed by atoms with van der Waals surface area (Å²) in [5, 5.41) is 4.44. The molecule has 23 heavy (non-hydrogen) atoms. The molecule has 6 heteroatoms. The highest BCUT2D eigenvalue weighted by atomic mass is 35.5. The summed E-state index contributed by atoms with van der Waals surface area (Å²) < 4.78 is 0.779. The number of benzene rings is 2. The molecule has 1 heterocycles. The number of rotatable bonds is 3. The maximum Gasteiger partial charge on any atom is 0.230 e. The number of carbonyl (C=O) groups is 1. The molecule has 0 aliphatic rings. The third kappa shape index (κ3) is 3.50. The lowest BCUT2D eigenvalue weighted by Crippen LogP contribution is -2.14. The molecule has 1 N–H and O–H groups in total. The topological polar surface area (TPSA) is 42.0 Å². The van der Waals surface area contributed by atoms with Crippen molar-refractivity contribution in [2.45, 2.75) is 20.3 Å². The van der Waals surface area contributed by atoms with Gasteiger partial charge in [-0.05, 0) is 37.1 Å². The van der Waals surface area contributed by atoms with Gasteiger partial charge >= 0.3 is 0 Å². The molecule has 0 saturated carbocycles. The van der Waals surface area contributed by atoms with Gasteiger partial charge in [0.15, 0.2) is 5.13 Å². The number of anilines is 1. The minimum Gasteiger partial charge on any atom is -0.302 e. The number of aryl methyl sites for hydroxylation is 2. The van der Waals surface area contributed by atoms with Gasteiger partial charge in [0.1, 0.15) is 5.52 Å². The highest BCUT2D eigenvalue weighted by Gasteiger charge is 2.13. The molecule has 2 aromatic carbocycles. The summed E-state index contributed by atoms with van der Waals surface area (Å²) in [5.41, 5.74) is 3.86. The van der Waals surface area contributed by atoms with Crippen molar-refractivity contribution in [1.29, 1.82) is 0 Å². The quantitative estimate of drug-likeness (QED) is 0.675. The molecule has 3 aromatic rings. The van der Waals surface area contributed by atoms with Gasteiger partial charge in [0.2, 0.25) is 5.91 Å². The Morgan fingerprint density at radius 3 is 2.65 bits per heavy atom. The number of thiazole rings is 1. The lowest BCUT2D eigenvalue weighted by atomic mass is 10.0. The van der Waals surface area contributed by atoms with Gasteiger partial charge in [-0.1, -0.05) is 58.3 Å². The van der Waals surface area contributed by atoms with Gasteiger partial charge in [0, 0.05) is 0 Å². The fourth-order valence-electron chi connectivity index (χ4n) is 2.33. The molecule has 0 unspecified atom stereocenters. The van der Waals surface area contributed by atoms with Gasteiger partial charge in [-0.2, -0.15) is 0 Å². The number of amides is 1. The highest BCUT2D eigenvalue weighted by molar-refractivity contribution is 7.23. The Kier molecular flexibility index (Phi) is 4.57. The average Bonchev–Trinajstić information content (AvgIpc) is 2.92. The van der Waals surface area contributed by atoms with Gasteiger partial charge in [0.05, 0.1) is 21.2 Å². The van der Waals surface area contributed by atoms with Crippen molar-refractivity contribution in [3.05, 3.63) is 57.1 Å². The van der Waals surface area contributed by atoms with Crippen molar-refractivity contribution in [3.63, 3.8) is 0 Å². The molecule has 0 atom stereocenters. The molecule has 118 valence electrons. The fraction of sp³-hybridized carbons (Fsp3) is 0.176. The Bertz CT molecular complexity index is 866. The van der Waals surface area contributed by atoms with Gasteiger partial charge in [-0.15, -0.1) is 0 Å². The Morgan fingerprint density at radius 2 is 1.91 bits per heavy atom. The molecule has 0 spiro atoms. The molecule has 0 fully saturated rings. The number of carbonyl (C=O) groups excluding carboxylic acids is 1. The van der Waals surface area contributed by atoms with Crippen molar-refractivity contribution in [2.75, 3.05) is 5.32 Å². The van der Waals surface area contributed by atoms with E-state index in [0.717, 1.165) is 21.4 Å². The minimum atomic E-state index is -0.106. The average molecular weight is 365 g/mol. The highest BCUT2D eigenvalue weighted by Crippen LogP contribution is 2.36. The second-order valence-corrected chi connectivity index (χ2v) is 7.19. The second-order valence-electron chi connectivity index (χ2n) is 5.38. The lowest BCUT2D eigenvalue weighted by Gasteiger charge is -2.06. The van der Waals surface area contributed by atoms with Gasteiger partial charge in [-0.3, -0.25) is 4.79 Å². The molecule has 0 aliphatic carbocycles. The van der Waals surface area contributed by atoms with Crippen LogP contribution in [0.25, 0.3) is 10.2 Å². The van der Waals surface area contributed by atoms with Crippen LogP contribution in [-0.2, 0) is 11.2 Å². The van der Waals surface area contributed by atoms with E-state index in [1.165, 1.54) is 11.3 Å². The summed E-state index contributed by atoms with van der Waals surface area (Å²) in [6.07, 6.45) is 0.310.